The summed E-state index contributed by atoms with van der Waals surface area (Å²) in [6.45, 7) is 0.339. The number of carbonyl (C=O) groups excluding carboxylic acids is 1. The molecule has 152 valence electrons. The molecule has 11 heteroatoms. The van der Waals surface area contributed by atoms with Crippen molar-refractivity contribution in [2.75, 3.05) is 12.8 Å². The lowest BCUT2D eigenvalue weighted by atomic mass is 10.3. The van der Waals surface area contributed by atoms with Crippen LogP contribution in [0.15, 0.2) is 44.3 Å². The van der Waals surface area contributed by atoms with Crippen LogP contribution in [0.3, 0.4) is 0 Å². The van der Waals surface area contributed by atoms with Crippen LogP contribution in [0.4, 0.5) is 0 Å². The minimum absolute atomic E-state index is 0.00774. The van der Waals surface area contributed by atoms with Gasteiger partial charge >= 0.3 is 0 Å². The number of carbonyl (C=O) groups is 1. The predicted molar refractivity (Wildman–Crippen MR) is 112 cm³/mol. The van der Waals surface area contributed by atoms with Gasteiger partial charge in [-0.2, -0.15) is 9.57 Å². The minimum Gasteiger partial charge on any atom is -0.467 e. The molecule has 0 bridgehead atoms. The van der Waals surface area contributed by atoms with Crippen molar-refractivity contribution in [3.63, 3.8) is 0 Å². The number of hydrogen-bond acceptors (Lipinski definition) is 8. The van der Waals surface area contributed by atoms with Gasteiger partial charge in [0.15, 0.2) is 0 Å². The van der Waals surface area contributed by atoms with Gasteiger partial charge in [0.2, 0.25) is 10.0 Å². The zero-order valence-corrected chi connectivity index (χ0v) is 17.8. The Hall–Kier alpha value is -2.39. The number of nitrogens with zero attached hydrogens (tertiary/aromatic N) is 3. The lowest BCUT2D eigenvalue weighted by Gasteiger charge is -2.16. The van der Waals surface area contributed by atoms with Gasteiger partial charge in [0.25, 0.3) is 5.91 Å². The molecule has 3 rings (SSSR count). The fraction of sp³-hybridized carbons (Fsp3) is 0.278. The highest BCUT2D eigenvalue weighted by molar-refractivity contribution is 8.26. The molecule has 1 amide bonds. The second kappa shape index (κ2) is 8.96. The molecule has 0 N–H and O–H groups in total. The van der Waals surface area contributed by atoms with E-state index in [1.54, 1.807) is 30.3 Å². The summed E-state index contributed by atoms with van der Waals surface area (Å²) in [7, 11) is -3.48. The van der Waals surface area contributed by atoms with Gasteiger partial charge in [0.1, 0.15) is 21.6 Å². The van der Waals surface area contributed by atoms with E-state index in [2.05, 4.69) is 0 Å². The van der Waals surface area contributed by atoms with E-state index in [1.165, 1.54) is 15.5 Å². The molecule has 3 heterocycles. The van der Waals surface area contributed by atoms with Crippen molar-refractivity contribution in [3.8, 4) is 6.07 Å². The highest BCUT2D eigenvalue weighted by atomic mass is 32.2. The van der Waals surface area contributed by atoms with Crippen LogP contribution in [0.2, 0.25) is 0 Å². The quantitative estimate of drug-likeness (QED) is 0.445. The molecule has 0 unspecified atom stereocenters. The maximum absolute atomic E-state index is 12.6. The molecular weight excluding hydrogens is 434 g/mol. The van der Waals surface area contributed by atoms with Crippen LogP contribution >= 0.6 is 24.0 Å². The summed E-state index contributed by atoms with van der Waals surface area (Å²) >= 11 is 6.44. The third-order valence-corrected chi connectivity index (χ3v) is 6.63. The Morgan fingerprint density at radius 1 is 1.34 bits per heavy atom. The molecular formula is C18H17N3O5S3. The maximum atomic E-state index is 12.6. The zero-order valence-electron chi connectivity index (χ0n) is 15.4. The summed E-state index contributed by atoms with van der Waals surface area (Å²) in [4.78, 5) is 14.5. The fourth-order valence-corrected chi connectivity index (χ4v) is 4.61. The summed E-state index contributed by atoms with van der Waals surface area (Å²) in [5, 5.41) is 8.70. The molecule has 1 saturated heterocycles. The molecule has 1 fully saturated rings. The van der Waals surface area contributed by atoms with E-state index < -0.39 is 10.0 Å². The first-order valence-electron chi connectivity index (χ1n) is 8.46. The van der Waals surface area contributed by atoms with Crippen LogP contribution in [-0.4, -0.2) is 40.7 Å². The van der Waals surface area contributed by atoms with Crippen LogP contribution < -0.4 is 0 Å². The number of furan rings is 2. The van der Waals surface area contributed by atoms with Crippen LogP contribution in [0.5, 0.6) is 0 Å². The number of sulfonamides is 1. The Kier molecular flexibility index (Phi) is 6.59. The zero-order chi connectivity index (χ0) is 21.0. The van der Waals surface area contributed by atoms with Gasteiger partial charge in [-0.3, -0.25) is 9.69 Å². The molecule has 0 spiro atoms. The molecule has 1 aliphatic heterocycles. The normalized spacial score (nSPS) is 16.2. The van der Waals surface area contributed by atoms with Crippen LogP contribution in [0.1, 0.15) is 23.7 Å². The average Bonchev–Trinajstić information content (AvgIpc) is 3.37. The van der Waals surface area contributed by atoms with Crippen molar-refractivity contribution < 1.29 is 22.0 Å². The number of rotatable bonds is 8. The Bertz CT molecular complexity index is 1080. The molecule has 2 aromatic heterocycles. The first kappa shape index (κ1) is 21.3. The van der Waals surface area contributed by atoms with Gasteiger partial charge in [-0.1, -0.05) is 24.0 Å². The summed E-state index contributed by atoms with van der Waals surface area (Å²) < 4.78 is 36.2. The van der Waals surface area contributed by atoms with Gasteiger partial charge in [-0.05, 0) is 24.3 Å². The fourth-order valence-electron chi connectivity index (χ4n) is 2.59. The summed E-state index contributed by atoms with van der Waals surface area (Å²) in [5.74, 6) is 1.19. The van der Waals surface area contributed by atoms with Gasteiger partial charge in [0.05, 0.1) is 36.6 Å². The molecule has 29 heavy (non-hydrogen) atoms. The largest absolute Gasteiger partial charge is 0.467 e. The van der Waals surface area contributed by atoms with E-state index in [0.717, 1.165) is 18.0 Å². The monoisotopic (exact) mass is 451 g/mol. The summed E-state index contributed by atoms with van der Waals surface area (Å²) in [6.07, 6.45) is 4.27. The number of thiocarbonyl (C=S) groups is 1. The molecule has 8 nitrogen and oxygen atoms in total. The Labute approximate surface area is 177 Å². The summed E-state index contributed by atoms with van der Waals surface area (Å²) in [6, 6.07) is 8.72. The van der Waals surface area contributed by atoms with Gasteiger partial charge in [-0.25, -0.2) is 8.42 Å². The van der Waals surface area contributed by atoms with Crippen molar-refractivity contribution in [3.05, 3.63) is 52.7 Å². The molecule has 0 saturated carbocycles. The maximum Gasteiger partial charge on any atom is 0.266 e. The van der Waals surface area contributed by atoms with E-state index in [9.17, 15) is 13.2 Å². The van der Waals surface area contributed by atoms with Crippen molar-refractivity contribution in [1.82, 2.24) is 9.21 Å². The first-order chi connectivity index (χ1) is 13.8. The SMILES string of the molecule is CS(=O)(=O)N(CCC#N)Cc1ccc(/C=C2\SC(=S)N(Cc3ccco3)C2=O)o1. The van der Waals surface area contributed by atoms with E-state index in [-0.39, 0.29) is 32.0 Å². The Balaban J connectivity index is 1.72. The van der Waals surface area contributed by atoms with Gasteiger partial charge in [0, 0.05) is 19.0 Å². The minimum atomic E-state index is -3.48. The Morgan fingerprint density at radius 3 is 2.79 bits per heavy atom. The lowest BCUT2D eigenvalue weighted by molar-refractivity contribution is -0.122. The van der Waals surface area contributed by atoms with Gasteiger partial charge in [-0.15, -0.1) is 0 Å². The lowest BCUT2D eigenvalue weighted by Crippen LogP contribution is -2.30. The van der Waals surface area contributed by atoms with Crippen molar-refractivity contribution in [2.24, 2.45) is 0 Å². The third kappa shape index (κ3) is 5.36. The molecule has 0 atom stereocenters. The number of thioether (sulfide) groups is 1. The summed E-state index contributed by atoms with van der Waals surface area (Å²) in [5.41, 5.74) is 0. The van der Waals surface area contributed by atoms with Crippen LogP contribution in [-0.2, 0) is 27.9 Å². The molecule has 0 aromatic carbocycles. The van der Waals surface area contributed by atoms with E-state index in [4.69, 9.17) is 26.3 Å². The Morgan fingerprint density at radius 2 is 2.14 bits per heavy atom. The molecule has 1 aliphatic rings. The van der Waals surface area contributed by atoms with E-state index in [1.807, 2.05) is 6.07 Å². The molecule has 0 radical (unpaired) electrons. The van der Waals surface area contributed by atoms with Crippen LogP contribution in [0, 0.1) is 11.3 Å². The second-order valence-corrected chi connectivity index (χ2v) is 9.81. The van der Waals surface area contributed by atoms with Crippen LogP contribution in [0.25, 0.3) is 6.08 Å². The molecule has 0 aliphatic carbocycles. The van der Waals surface area contributed by atoms with E-state index >= 15 is 0 Å². The number of nitriles is 1. The van der Waals surface area contributed by atoms with Crippen molar-refractivity contribution >= 4 is 50.3 Å². The average molecular weight is 452 g/mol. The van der Waals surface area contributed by atoms with Gasteiger partial charge < -0.3 is 8.83 Å². The smallest absolute Gasteiger partial charge is 0.266 e. The number of amides is 1. The van der Waals surface area contributed by atoms with Crippen molar-refractivity contribution in [2.45, 2.75) is 19.5 Å². The number of hydrogen-bond donors (Lipinski definition) is 0. The second-order valence-electron chi connectivity index (χ2n) is 6.16. The highest BCUT2D eigenvalue weighted by Gasteiger charge is 2.33. The first-order valence-corrected chi connectivity index (χ1v) is 11.5. The third-order valence-electron chi connectivity index (χ3n) is 4.00. The highest BCUT2D eigenvalue weighted by Crippen LogP contribution is 2.34. The standard InChI is InChI=1S/C18H17N3O5S3/c1-29(23,24)20(8-3-7-19)11-15-6-5-13(26-15)10-16-17(22)21(18(27)28-16)12-14-4-2-9-25-14/h2,4-6,9-10H,3,8,11-12H2,1H3/b16-10-. The molecule has 2 aromatic rings. The van der Waals surface area contributed by atoms with Crippen molar-refractivity contribution in [1.29, 1.82) is 5.26 Å². The van der Waals surface area contributed by atoms with E-state index in [0.29, 0.717) is 26.5 Å². The topological polar surface area (TPSA) is 108 Å². The predicted octanol–water partition coefficient (Wildman–Crippen LogP) is 2.95.